The van der Waals surface area contributed by atoms with E-state index in [0.717, 1.165) is 11.8 Å². The van der Waals surface area contributed by atoms with Crippen molar-refractivity contribution in [2.24, 2.45) is 4.99 Å². The molecule has 1 aliphatic heterocycles. The number of nitrogens with zero attached hydrogens (tertiary/aromatic N) is 1. The summed E-state index contributed by atoms with van der Waals surface area (Å²) in [4.78, 5) is 3.51. The van der Waals surface area contributed by atoms with Gasteiger partial charge in [0.05, 0.1) is 20.3 Å². The molecule has 134 valence electrons. The minimum atomic E-state index is -4.51. The molecule has 1 heterocycles. The van der Waals surface area contributed by atoms with Crippen molar-refractivity contribution in [2.75, 3.05) is 7.11 Å². The van der Waals surface area contributed by atoms with Gasteiger partial charge in [-0.3, -0.25) is 4.99 Å². The Morgan fingerprint density at radius 2 is 1.81 bits per heavy atom. The Morgan fingerprint density at radius 1 is 1.12 bits per heavy atom. The van der Waals surface area contributed by atoms with Crippen molar-refractivity contribution in [1.29, 1.82) is 0 Å². The van der Waals surface area contributed by atoms with Crippen molar-refractivity contribution < 1.29 is 22.6 Å². The molecule has 0 saturated heterocycles. The van der Waals surface area contributed by atoms with Gasteiger partial charge in [0.25, 0.3) is 0 Å². The molecule has 0 aromatic heterocycles. The molecule has 0 aliphatic carbocycles. The van der Waals surface area contributed by atoms with Gasteiger partial charge in [0.1, 0.15) is 5.75 Å². The van der Waals surface area contributed by atoms with Gasteiger partial charge in [0.15, 0.2) is 0 Å². The Balaban J connectivity index is 1.80. The summed E-state index contributed by atoms with van der Waals surface area (Å²) in [5.74, 6) is 3.15. The first-order valence-electron chi connectivity index (χ1n) is 7.84. The third-order valence-corrected chi connectivity index (χ3v) is 4.24. The Morgan fingerprint density at radius 3 is 2.35 bits per heavy atom. The molecular weight excluding hydrogens is 343 g/mol. The quantitative estimate of drug-likeness (QED) is 0.723. The van der Waals surface area contributed by atoms with Gasteiger partial charge < -0.3 is 9.47 Å². The Labute approximate surface area is 149 Å². The maximum absolute atomic E-state index is 13.4. The fraction of sp³-hybridized carbons (Fsp3) is 0.250. The number of hydrogen-bond acceptors (Lipinski definition) is 3. The molecule has 1 unspecified atom stereocenters. The van der Waals surface area contributed by atoms with Crippen molar-refractivity contribution in [3.8, 4) is 18.1 Å². The molecule has 0 fully saturated rings. The molecule has 2 aromatic carbocycles. The molecule has 0 radical (unpaired) electrons. The standard InChI is InChI=1S/C20H16F3NO2/c1-3-15-5-4-6-18(19(13-24-19)20(21,22)23)17(15)12-26-11-14-7-9-16(25-2)10-8-14/h1,4-10,13H,11-12H2,2H3. The highest BCUT2D eigenvalue weighted by atomic mass is 19.4. The molecule has 2 aromatic rings. The van der Waals surface area contributed by atoms with Crippen LogP contribution in [0.4, 0.5) is 13.2 Å². The molecule has 0 N–H and O–H groups in total. The molecule has 0 amide bonds. The predicted octanol–water partition coefficient (Wildman–Crippen LogP) is 4.24. The number of methoxy groups -OCH3 is 1. The van der Waals surface area contributed by atoms with Gasteiger partial charge in [-0.15, -0.1) is 6.42 Å². The van der Waals surface area contributed by atoms with Crippen LogP contribution in [0.5, 0.6) is 5.75 Å². The zero-order valence-electron chi connectivity index (χ0n) is 14.0. The fourth-order valence-corrected chi connectivity index (χ4v) is 2.73. The zero-order valence-corrected chi connectivity index (χ0v) is 14.0. The molecule has 26 heavy (non-hydrogen) atoms. The van der Waals surface area contributed by atoms with Crippen LogP contribution in [0.25, 0.3) is 0 Å². The van der Waals surface area contributed by atoms with Crippen LogP contribution in [0.1, 0.15) is 22.3 Å². The van der Waals surface area contributed by atoms with E-state index in [9.17, 15) is 13.2 Å². The van der Waals surface area contributed by atoms with Crippen LogP contribution in [0, 0.1) is 12.3 Å². The van der Waals surface area contributed by atoms with Crippen LogP contribution in [0.2, 0.25) is 0 Å². The summed E-state index contributed by atoms with van der Waals surface area (Å²) in [5.41, 5.74) is -0.679. The Hall–Kier alpha value is -2.78. The minimum absolute atomic E-state index is 0.0233. The smallest absolute Gasteiger partial charge is 0.422 e. The van der Waals surface area contributed by atoms with Gasteiger partial charge >= 0.3 is 6.18 Å². The Bertz CT molecular complexity index is 858. The summed E-state index contributed by atoms with van der Waals surface area (Å²) in [6, 6.07) is 11.7. The van der Waals surface area contributed by atoms with E-state index in [1.807, 2.05) is 12.1 Å². The SMILES string of the molecule is C#Cc1cccc(C2(C(F)(F)F)C=N2)c1COCc1ccc(OC)cc1. The molecule has 3 nitrogen and oxygen atoms in total. The molecule has 0 bridgehead atoms. The Kier molecular flexibility index (Phi) is 4.75. The number of ether oxygens (including phenoxy) is 2. The second-order valence-corrected chi connectivity index (χ2v) is 5.84. The van der Waals surface area contributed by atoms with Gasteiger partial charge in [0, 0.05) is 17.3 Å². The summed E-state index contributed by atoms with van der Waals surface area (Å²) in [6.45, 7) is 0.200. The normalized spacial score (nSPS) is 18.4. The molecule has 3 rings (SSSR count). The van der Waals surface area contributed by atoms with E-state index in [4.69, 9.17) is 15.9 Å². The number of alkyl halides is 3. The van der Waals surface area contributed by atoms with Crippen LogP contribution in [0.3, 0.4) is 0 Å². The maximum atomic E-state index is 13.4. The third-order valence-electron chi connectivity index (χ3n) is 4.24. The van der Waals surface area contributed by atoms with E-state index in [2.05, 4.69) is 10.9 Å². The van der Waals surface area contributed by atoms with Gasteiger partial charge in [-0.05, 0) is 29.3 Å². The first kappa shape index (κ1) is 18.0. The van der Waals surface area contributed by atoms with Gasteiger partial charge in [-0.1, -0.05) is 30.2 Å². The molecule has 1 aliphatic rings. The van der Waals surface area contributed by atoms with Crippen LogP contribution < -0.4 is 4.74 Å². The number of hydrogen-bond donors (Lipinski definition) is 0. The molecule has 0 saturated carbocycles. The van der Waals surface area contributed by atoms with Crippen LogP contribution >= 0.6 is 0 Å². The highest BCUT2D eigenvalue weighted by Gasteiger charge is 2.62. The van der Waals surface area contributed by atoms with E-state index in [0.29, 0.717) is 16.9 Å². The average Bonchev–Trinajstić information content (AvgIpc) is 3.44. The monoisotopic (exact) mass is 359 g/mol. The van der Waals surface area contributed by atoms with Crippen LogP contribution in [-0.4, -0.2) is 19.5 Å². The van der Waals surface area contributed by atoms with E-state index in [1.54, 1.807) is 25.3 Å². The van der Waals surface area contributed by atoms with E-state index < -0.39 is 11.7 Å². The van der Waals surface area contributed by atoms with Gasteiger partial charge in [-0.2, -0.15) is 13.2 Å². The van der Waals surface area contributed by atoms with E-state index in [1.165, 1.54) is 12.1 Å². The van der Waals surface area contributed by atoms with Crippen molar-refractivity contribution in [2.45, 2.75) is 24.9 Å². The lowest BCUT2D eigenvalue weighted by Crippen LogP contribution is -2.33. The second kappa shape index (κ2) is 6.85. The highest BCUT2D eigenvalue weighted by Crippen LogP contribution is 2.49. The highest BCUT2D eigenvalue weighted by molar-refractivity contribution is 5.88. The largest absolute Gasteiger partial charge is 0.497 e. The molecule has 0 spiro atoms. The summed E-state index contributed by atoms with van der Waals surface area (Å²) in [7, 11) is 1.57. The predicted molar refractivity (Wildman–Crippen MR) is 92.1 cm³/mol. The first-order valence-corrected chi connectivity index (χ1v) is 7.84. The maximum Gasteiger partial charge on any atom is 0.422 e. The second-order valence-electron chi connectivity index (χ2n) is 5.84. The summed E-state index contributed by atoms with van der Waals surface area (Å²) in [6.07, 6.45) is 1.86. The van der Waals surface area contributed by atoms with Crippen molar-refractivity contribution in [1.82, 2.24) is 0 Å². The summed E-state index contributed by atoms with van der Waals surface area (Å²) >= 11 is 0. The number of rotatable bonds is 6. The number of halogens is 3. The zero-order chi connectivity index (χ0) is 18.8. The van der Waals surface area contributed by atoms with E-state index in [-0.39, 0.29) is 18.8 Å². The lowest BCUT2D eigenvalue weighted by Gasteiger charge is -2.22. The topological polar surface area (TPSA) is 30.8 Å². The lowest BCUT2D eigenvalue weighted by molar-refractivity contribution is -0.156. The average molecular weight is 359 g/mol. The summed E-state index contributed by atoms with van der Waals surface area (Å²) in [5, 5.41) is 0. The van der Waals surface area contributed by atoms with E-state index >= 15 is 0 Å². The minimum Gasteiger partial charge on any atom is -0.497 e. The van der Waals surface area contributed by atoms with Crippen molar-refractivity contribution in [3.05, 3.63) is 64.7 Å². The third kappa shape index (κ3) is 3.31. The van der Waals surface area contributed by atoms with Crippen LogP contribution in [-0.2, 0) is 23.5 Å². The fourth-order valence-electron chi connectivity index (χ4n) is 2.73. The van der Waals surface area contributed by atoms with Gasteiger partial charge in [0.2, 0.25) is 5.54 Å². The molecule has 1 atom stereocenters. The lowest BCUT2D eigenvalue weighted by atomic mass is 9.90. The number of benzene rings is 2. The number of terminal acetylenes is 1. The van der Waals surface area contributed by atoms with Crippen LogP contribution in [0.15, 0.2) is 47.5 Å². The first-order chi connectivity index (χ1) is 12.4. The molecular formula is C20H16F3NO2. The number of aliphatic imine (C=N–C) groups is 1. The van der Waals surface area contributed by atoms with Crippen molar-refractivity contribution >= 4 is 6.21 Å². The molecule has 6 heteroatoms. The summed E-state index contributed by atoms with van der Waals surface area (Å²) < 4.78 is 51.0. The van der Waals surface area contributed by atoms with Gasteiger partial charge in [-0.25, -0.2) is 0 Å². The van der Waals surface area contributed by atoms with Crippen molar-refractivity contribution in [3.63, 3.8) is 0 Å².